The van der Waals surface area contributed by atoms with E-state index in [1.165, 1.54) is 51.9 Å². The third kappa shape index (κ3) is 5.78. The van der Waals surface area contributed by atoms with Gasteiger partial charge in [-0.25, -0.2) is 0 Å². The molecule has 2 aliphatic heterocycles. The van der Waals surface area contributed by atoms with Crippen molar-refractivity contribution in [1.29, 1.82) is 0 Å². The standard InChI is InChI=1S/C15H31N3O/c1-17(2)13-14-5-8-18(9-6-14)10-7-16-12-15-4-3-11-19-15/h14-16H,3-13H2,1-2H3. The number of hydrogen-bond acceptors (Lipinski definition) is 4. The Labute approximate surface area is 118 Å². The molecular weight excluding hydrogens is 238 g/mol. The van der Waals surface area contributed by atoms with E-state index in [-0.39, 0.29) is 0 Å². The van der Waals surface area contributed by atoms with E-state index in [9.17, 15) is 0 Å². The fraction of sp³-hybridized carbons (Fsp3) is 1.00. The zero-order valence-electron chi connectivity index (χ0n) is 12.7. The van der Waals surface area contributed by atoms with Crippen molar-refractivity contribution in [2.75, 3.05) is 60.0 Å². The molecule has 19 heavy (non-hydrogen) atoms. The Bertz CT molecular complexity index is 234. The lowest BCUT2D eigenvalue weighted by Crippen LogP contribution is -2.41. The van der Waals surface area contributed by atoms with E-state index in [0.717, 1.165) is 25.6 Å². The summed E-state index contributed by atoms with van der Waals surface area (Å²) in [4.78, 5) is 4.93. The Morgan fingerprint density at radius 3 is 2.63 bits per heavy atom. The van der Waals surface area contributed by atoms with Gasteiger partial charge in [0, 0.05) is 32.8 Å². The highest BCUT2D eigenvalue weighted by molar-refractivity contribution is 4.75. The monoisotopic (exact) mass is 269 g/mol. The van der Waals surface area contributed by atoms with Gasteiger partial charge in [0.2, 0.25) is 0 Å². The van der Waals surface area contributed by atoms with E-state index >= 15 is 0 Å². The molecule has 0 radical (unpaired) electrons. The molecule has 4 nitrogen and oxygen atoms in total. The molecule has 0 aliphatic carbocycles. The van der Waals surface area contributed by atoms with Gasteiger partial charge in [-0.15, -0.1) is 0 Å². The summed E-state index contributed by atoms with van der Waals surface area (Å²) in [5.74, 6) is 0.908. The smallest absolute Gasteiger partial charge is 0.0700 e. The number of likely N-dealkylation sites (tertiary alicyclic amines) is 1. The summed E-state index contributed by atoms with van der Waals surface area (Å²) in [5.41, 5.74) is 0. The van der Waals surface area contributed by atoms with Gasteiger partial charge in [0.25, 0.3) is 0 Å². The molecule has 1 atom stereocenters. The van der Waals surface area contributed by atoms with Gasteiger partial charge in [-0.2, -0.15) is 0 Å². The van der Waals surface area contributed by atoms with E-state index in [2.05, 4.69) is 29.2 Å². The lowest BCUT2D eigenvalue weighted by atomic mass is 9.96. The van der Waals surface area contributed by atoms with Crippen LogP contribution in [0, 0.1) is 5.92 Å². The molecule has 2 heterocycles. The van der Waals surface area contributed by atoms with Crippen LogP contribution in [-0.4, -0.2) is 75.9 Å². The summed E-state index contributed by atoms with van der Waals surface area (Å²) >= 11 is 0. The van der Waals surface area contributed by atoms with Crippen molar-refractivity contribution in [3.63, 3.8) is 0 Å². The van der Waals surface area contributed by atoms with Gasteiger partial charge in [0.15, 0.2) is 0 Å². The molecule has 112 valence electrons. The first-order valence-corrected chi connectivity index (χ1v) is 7.93. The number of nitrogens with zero attached hydrogens (tertiary/aromatic N) is 2. The molecule has 2 aliphatic rings. The Morgan fingerprint density at radius 1 is 1.21 bits per heavy atom. The molecule has 2 rings (SSSR count). The second kappa shape index (κ2) is 8.20. The molecule has 0 aromatic rings. The molecule has 0 aromatic heterocycles. The molecule has 0 aromatic carbocycles. The summed E-state index contributed by atoms with van der Waals surface area (Å²) in [5, 5.41) is 3.54. The van der Waals surface area contributed by atoms with E-state index in [1.807, 2.05) is 0 Å². The average Bonchev–Trinajstić information content (AvgIpc) is 2.89. The van der Waals surface area contributed by atoms with E-state index < -0.39 is 0 Å². The minimum Gasteiger partial charge on any atom is -0.377 e. The van der Waals surface area contributed by atoms with Crippen molar-refractivity contribution in [1.82, 2.24) is 15.1 Å². The van der Waals surface area contributed by atoms with Crippen LogP contribution in [-0.2, 0) is 4.74 Å². The second-order valence-electron chi connectivity index (χ2n) is 6.39. The fourth-order valence-corrected chi connectivity index (χ4v) is 3.21. The predicted molar refractivity (Wildman–Crippen MR) is 79.6 cm³/mol. The largest absolute Gasteiger partial charge is 0.377 e. The molecule has 4 heteroatoms. The molecule has 0 amide bonds. The van der Waals surface area contributed by atoms with E-state index in [4.69, 9.17) is 4.74 Å². The van der Waals surface area contributed by atoms with Crippen LogP contribution in [0.4, 0.5) is 0 Å². The minimum absolute atomic E-state index is 0.478. The highest BCUT2D eigenvalue weighted by Crippen LogP contribution is 2.17. The van der Waals surface area contributed by atoms with Crippen LogP contribution in [0.5, 0.6) is 0 Å². The number of nitrogens with one attached hydrogen (secondary N) is 1. The summed E-state index contributed by atoms with van der Waals surface area (Å²) in [6.45, 7) is 8.12. The second-order valence-corrected chi connectivity index (χ2v) is 6.39. The van der Waals surface area contributed by atoms with Gasteiger partial charge >= 0.3 is 0 Å². The van der Waals surface area contributed by atoms with Gasteiger partial charge in [-0.3, -0.25) is 0 Å². The quantitative estimate of drug-likeness (QED) is 0.699. The SMILES string of the molecule is CN(C)CC1CCN(CCNCC2CCCO2)CC1. The first-order valence-electron chi connectivity index (χ1n) is 7.93. The van der Waals surface area contributed by atoms with Gasteiger partial charge in [0.05, 0.1) is 6.10 Å². The van der Waals surface area contributed by atoms with Crippen LogP contribution < -0.4 is 5.32 Å². The topological polar surface area (TPSA) is 27.7 Å². The highest BCUT2D eigenvalue weighted by Gasteiger charge is 2.19. The third-order valence-corrected chi connectivity index (χ3v) is 4.33. The van der Waals surface area contributed by atoms with Crippen molar-refractivity contribution < 1.29 is 4.74 Å². The maximum Gasteiger partial charge on any atom is 0.0700 e. The maximum absolute atomic E-state index is 5.62. The first-order chi connectivity index (χ1) is 9.24. The predicted octanol–water partition coefficient (Wildman–Crippen LogP) is 1.03. The fourth-order valence-electron chi connectivity index (χ4n) is 3.21. The molecular formula is C15H31N3O. The van der Waals surface area contributed by atoms with Gasteiger partial charge in [0.1, 0.15) is 0 Å². The molecule has 1 N–H and O–H groups in total. The first kappa shape index (κ1) is 15.2. The molecule has 2 fully saturated rings. The van der Waals surface area contributed by atoms with Gasteiger partial charge < -0.3 is 19.9 Å². The van der Waals surface area contributed by atoms with Crippen molar-refractivity contribution in [2.24, 2.45) is 5.92 Å². The Balaban J connectivity index is 1.48. The van der Waals surface area contributed by atoms with E-state index in [1.54, 1.807) is 0 Å². The normalized spacial score (nSPS) is 26.4. The van der Waals surface area contributed by atoms with Crippen molar-refractivity contribution in [3.8, 4) is 0 Å². The van der Waals surface area contributed by atoms with Crippen molar-refractivity contribution in [2.45, 2.75) is 31.8 Å². The van der Waals surface area contributed by atoms with Crippen LogP contribution >= 0.6 is 0 Å². The minimum atomic E-state index is 0.478. The Morgan fingerprint density at radius 2 is 2.00 bits per heavy atom. The zero-order chi connectivity index (χ0) is 13.5. The summed E-state index contributed by atoms with van der Waals surface area (Å²) in [6, 6.07) is 0. The van der Waals surface area contributed by atoms with Gasteiger partial charge in [-0.1, -0.05) is 0 Å². The van der Waals surface area contributed by atoms with Crippen LogP contribution in [0.25, 0.3) is 0 Å². The molecule has 1 unspecified atom stereocenters. The Kier molecular flexibility index (Phi) is 6.57. The van der Waals surface area contributed by atoms with Crippen LogP contribution in [0.1, 0.15) is 25.7 Å². The number of piperidine rings is 1. The van der Waals surface area contributed by atoms with Crippen molar-refractivity contribution in [3.05, 3.63) is 0 Å². The number of hydrogen-bond donors (Lipinski definition) is 1. The zero-order valence-corrected chi connectivity index (χ0v) is 12.7. The number of ether oxygens (including phenoxy) is 1. The third-order valence-electron chi connectivity index (χ3n) is 4.33. The lowest BCUT2D eigenvalue weighted by Gasteiger charge is -2.33. The molecule has 0 saturated carbocycles. The number of rotatable bonds is 7. The molecule has 0 bridgehead atoms. The lowest BCUT2D eigenvalue weighted by molar-refractivity contribution is 0.108. The van der Waals surface area contributed by atoms with Gasteiger partial charge in [-0.05, 0) is 58.8 Å². The maximum atomic E-state index is 5.62. The van der Waals surface area contributed by atoms with E-state index in [0.29, 0.717) is 6.10 Å². The molecule has 2 saturated heterocycles. The highest BCUT2D eigenvalue weighted by atomic mass is 16.5. The summed E-state index contributed by atoms with van der Waals surface area (Å²) in [6.07, 6.45) is 5.69. The van der Waals surface area contributed by atoms with Crippen LogP contribution in [0.3, 0.4) is 0 Å². The average molecular weight is 269 g/mol. The van der Waals surface area contributed by atoms with Crippen molar-refractivity contribution >= 4 is 0 Å². The van der Waals surface area contributed by atoms with Crippen LogP contribution in [0.2, 0.25) is 0 Å². The summed E-state index contributed by atoms with van der Waals surface area (Å²) < 4.78 is 5.62. The summed E-state index contributed by atoms with van der Waals surface area (Å²) in [7, 11) is 4.36. The Hall–Kier alpha value is -0.160. The van der Waals surface area contributed by atoms with Crippen LogP contribution in [0.15, 0.2) is 0 Å². The molecule has 0 spiro atoms.